The van der Waals surface area contributed by atoms with Crippen LogP contribution in [-0.2, 0) is 0 Å². The summed E-state index contributed by atoms with van der Waals surface area (Å²) in [6.07, 6.45) is 0. The number of nitrogens with one attached hydrogen (secondary N) is 1. The third-order valence-corrected chi connectivity index (χ3v) is 2.35. The summed E-state index contributed by atoms with van der Waals surface area (Å²) in [7, 11) is 1.66. The fourth-order valence-corrected chi connectivity index (χ4v) is 1.35. The molecular weight excluding hydrogens is 210 g/mol. The van der Waals surface area contributed by atoms with Gasteiger partial charge in [0.15, 0.2) is 0 Å². The Morgan fingerprint density at radius 3 is 2.53 bits per heavy atom. The zero-order valence-corrected chi connectivity index (χ0v) is 9.84. The molecule has 0 aliphatic heterocycles. The van der Waals surface area contributed by atoms with Crippen LogP contribution in [0.2, 0.25) is 0 Å². The van der Waals surface area contributed by atoms with E-state index in [1.165, 1.54) is 5.56 Å². The van der Waals surface area contributed by atoms with Gasteiger partial charge in [-0.05, 0) is 24.6 Å². The molecule has 0 saturated carbocycles. The Kier molecular flexibility index (Phi) is 4.66. The molecule has 0 aromatic heterocycles. The van der Waals surface area contributed by atoms with E-state index < -0.39 is 0 Å². The summed E-state index contributed by atoms with van der Waals surface area (Å²) in [6, 6.07) is 8.22. The Bertz CT molecular complexity index is 321. The highest BCUT2D eigenvalue weighted by Gasteiger charge is 2.04. The molecule has 82 valence electrons. The quantitative estimate of drug-likeness (QED) is 0.832. The number of rotatable bonds is 5. The van der Waals surface area contributed by atoms with Crippen molar-refractivity contribution in [3.8, 4) is 5.75 Å². The lowest BCUT2D eigenvalue weighted by Crippen LogP contribution is -2.19. The van der Waals surface area contributed by atoms with Gasteiger partial charge in [-0.15, -0.1) is 0 Å². The second kappa shape index (κ2) is 5.79. The molecule has 0 heterocycles. The number of methoxy groups -OCH3 is 1. The summed E-state index contributed by atoms with van der Waals surface area (Å²) < 4.78 is 5.09. The SMILES string of the molecule is C=C(Cl)CN[C@@H](C)c1ccc(OC)cc1. The van der Waals surface area contributed by atoms with Gasteiger partial charge in [-0.1, -0.05) is 30.3 Å². The summed E-state index contributed by atoms with van der Waals surface area (Å²) in [5.74, 6) is 0.868. The highest BCUT2D eigenvalue weighted by molar-refractivity contribution is 6.29. The molecule has 0 unspecified atom stereocenters. The Balaban J connectivity index is 2.57. The molecule has 1 aromatic carbocycles. The lowest BCUT2D eigenvalue weighted by Gasteiger charge is -2.13. The van der Waals surface area contributed by atoms with E-state index in [0.717, 1.165) is 5.75 Å². The highest BCUT2D eigenvalue weighted by atomic mass is 35.5. The van der Waals surface area contributed by atoms with Crippen LogP contribution in [0.15, 0.2) is 35.9 Å². The summed E-state index contributed by atoms with van der Waals surface area (Å²) >= 11 is 5.68. The molecule has 0 saturated heterocycles. The summed E-state index contributed by atoms with van der Waals surface area (Å²) in [5.41, 5.74) is 1.20. The van der Waals surface area contributed by atoms with E-state index in [-0.39, 0.29) is 6.04 Å². The first-order valence-corrected chi connectivity index (χ1v) is 5.22. The first kappa shape index (κ1) is 12.1. The molecule has 0 spiro atoms. The van der Waals surface area contributed by atoms with Gasteiger partial charge in [0.25, 0.3) is 0 Å². The Morgan fingerprint density at radius 2 is 2.07 bits per heavy atom. The lowest BCUT2D eigenvalue weighted by atomic mass is 10.1. The van der Waals surface area contributed by atoms with E-state index in [2.05, 4.69) is 18.8 Å². The van der Waals surface area contributed by atoms with Gasteiger partial charge in [-0.25, -0.2) is 0 Å². The predicted molar refractivity (Wildman–Crippen MR) is 64.4 cm³/mol. The van der Waals surface area contributed by atoms with Crippen LogP contribution < -0.4 is 10.1 Å². The van der Waals surface area contributed by atoms with Crippen LogP contribution in [0.4, 0.5) is 0 Å². The molecule has 0 radical (unpaired) electrons. The Labute approximate surface area is 95.9 Å². The second-order valence-corrected chi connectivity index (χ2v) is 3.93. The number of hydrogen-bond acceptors (Lipinski definition) is 2. The van der Waals surface area contributed by atoms with Gasteiger partial charge >= 0.3 is 0 Å². The molecule has 0 amide bonds. The molecule has 0 fully saturated rings. The van der Waals surface area contributed by atoms with Crippen LogP contribution in [0.25, 0.3) is 0 Å². The maximum absolute atomic E-state index is 5.68. The van der Waals surface area contributed by atoms with Crippen molar-refractivity contribution in [1.29, 1.82) is 0 Å². The third kappa shape index (κ3) is 3.94. The molecule has 1 N–H and O–H groups in total. The average Bonchev–Trinajstić information content (AvgIpc) is 2.26. The molecule has 2 nitrogen and oxygen atoms in total. The lowest BCUT2D eigenvalue weighted by molar-refractivity contribution is 0.414. The number of hydrogen-bond donors (Lipinski definition) is 1. The van der Waals surface area contributed by atoms with Crippen LogP contribution in [0.5, 0.6) is 5.75 Å². The van der Waals surface area contributed by atoms with Crippen LogP contribution in [0.1, 0.15) is 18.5 Å². The molecule has 1 aromatic rings. The van der Waals surface area contributed by atoms with Crippen LogP contribution in [-0.4, -0.2) is 13.7 Å². The van der Waals surface area contributed by atoms with Crippen LogP contribution >= 0.6 is 11.6 Å². The third-order valence-electron chi connectivity index (χ3n) is 2.22. The van der Waals surface area contributed by atoms with E-state index in [0.29, 0.717) is 11.6 Å². The van der Waals surface area contributed by atoms with Crippen molar-refractivity contribution >= 4 is 11.6 Å². The predicted octanol–water partition coefficient (Wildman–Crippen LogP) is 3.10. The van der Waals surface area contributed by atoms with Crippen molar-refractivity contribution in [1.82, 2.24) is 5.32 Å². The minimum atomic E-state index is 0.256. The van der Waals surface area contributed by atoms with Gasteiger partial charge in [0.05, 0.1) is 7.11 Å². The van der Waals surface area contributed by atoms with Crippen molar-refractivity contribution in [2.24, 2.45) is 0 Å². The van der Waals surface area contributed by atoms with Gasteiger partial charge in [-0.3, -0.25) is 0 Å². The van der Waals surface area contributed by atoms with Crippen molar-refractivity contribution in [2.45, 2.75) is 13.0 Å². The topological polar surface area (TPSA) is 21.3 Å². The minimum absolute atomic E-state index is 0.256. The van der Waals surface area contributed by atoms with E-state index in [4.69, 9.17) is 16.3 Å². The summed E-state index contributed by atoms with van der Waals surface area (Å²) in [5, 5.41) is 3.88. The number of halogens is 1. The average molecular weight is 226 g/mol. The normalized spacial score (nSPS) is 12.2. The monoisotopic (exact) mass is 225 g/mol. The molecule has 0 aliphatic rings. The number of ether oxygens (including phenoxy) is 1. The van der Waals surface area contributed by atoms with Gasteiger partial charge in [0.2, 0.25) is 0 Å². The van der Waals surface area contributed by atoms with Crippen molar-refractivity contribution in [3.63, 3.8) is 0 Å². The minimum Gasteiger partial charge on any atom is -0.497 e. The van der Waals surface area contributed by atoms with Crippen molar-refractivity contribution < 1.29 is 4.74 Å². The zero-order chi connectivity index (χ0) is 11.3. The van der Waals surface area contributed by atoms with E-state index in [1.54, 1.807) is 7.11 Å². The zero-order valence-electron chi connectivity index (χ0n) is 9.09. The maximum atomic E-state index is 5.68. The molecule has 15 heavy (non-hydrogen) atoms. The molecule has 1 rings (SSSR count). The van der Waals surface area contributed by atoms with Crippen LogP contribution in [0, 0.1) is 0 Å². The Morgan fingerprint density at radius 1 is 1.47 bits per heavy atom. The summed E-state index contributed by atoms with van der Waals surface area (Å²) in [6.45, 7) is 6.34. The van der Waals surface area contributed by atoms with Crippen molar-refractivity contribution in [2.75, 3.05) is 13.7 Å². The fourth-order valence-electron chi connectivity index (χ4n) is 1.27. The first-order chi connectivity index (χ1) is 7.13. The molecule has 0 aliphatic carbocycles. The van der Waals surface area contributed by atoms with Crippen molar-refractivity contribution in [3.05, 3.63) is 41.4 Å². The summed E-state index contributed by atoms with van der Waals surface area (Å²) in [4.78, 5) is 0. The maximum Gasteiger partial charge on any atom is 0.118 e. The largest absolute Gasteiger partial charge is 0.497 e. The molecule has 1 atom stereocenters. The fraction of sp³-hybridized carbons (Fsp3) is 0.333. The smallest absolute Gasteiger partial charge is 0.118 e. The molecule has 3 heteroatoms. The standard InChI is InChI=1S/C12H16ClNO/c1-9(13)8-14-10(2)11-4-6-12(15-3)7-5-11/h4-7,10,14H,1,8H2,2-3H3/t10-/m0/s1. The second-order valence-electron chi connectivity index (χ2n) is 3.39. The van der Waals surface area contributed by atoms with Gasteiger partial charge in [0.1, 0.15) is 5.75 Å². The first-order valence-electron chi connectivity index (χ1n) is 4.84. The van der Waals surface area contributed by atoms with Crippen LogP contribution in [0.3, 0.4) is 0 Å². The van der Waals surface area contributed by atoms with Gasteiger partial charge < -0.3 is 10.1 Å². The van der Waals surface area contributed by atoms with E-state index in [9.17, 15) is 0 Å². The Hall–Kier alpha value is -0.990. The molecular formula is C12H16ClNO. The number of benzene rings is 1. The van der Waals surface area contributed by atoms with E-state index in [1.807, 2.05) is 24.3 Å². The van der Waals surface area contributed by atoms with E-state index >= 15 is 0 Å². The highest BCUT2D eigenvalue weighted by Crippen LogP contribution is 2.17. The molecule has 0 bridgehead atoms. The van der Waals surface area contributed by atoms with Gasteiger partial charge in [-0.2, -0.15) is 0 Å². The van der Waals surface area contributed by atoms with Gasteiger partial charge in [0, 0.05) is 17.6 Å².